The van der Waals surface area contributed by atoms with Crippen LogP contribution in [0.2, 0.25) is 5.02 Å². The van der Waals surface area contributed by atoms with Crippen LogP contribution in [0.3, 0.4) is 0 Å². The summed E-state index contributed by atoms with van der Waals surface area (Å²) < 4.78 is 5.65. The first kappa shape index (κ1) is 29.2. The van der Waals surface area contributed by atoms with Crippen molar-refractivity contribution >= 4 is 35.2 Å². The molecule has 3 heterocycles. The lowest BCUT2D eigenvalue weighted by atomic mass is 9.83. The van der Waals surface area contributed by atoms with Crippen molar-refractivity contribution in [2.75, 3.05) is 37.7 Å². The second-order valence-corrected chi connectivity index (χ2v) is 13.2. The summed E-state index contributed by atoms with van der Waals surface area (Å²) in [7, 11) is 0. The van der Waals surface area contributed by atoms with E-state index in [9.17, 15) is 14.4 Å². The second-order valence-electron chi connectivity index (χ2n) is 12.8. The van der Waals surface area contributed by atoms with Crippen molar-refractivity contribution < 1.29 is 19.1 Å². The van der Waals surface area contributed by atoms with Gasteiger partial charge in [0.15, 0.2) is 0 Å². The Morgan fingerprint density at radius 1 is 0.951 bits per heavy atom. The average molecular weight is 581 g/mol. The van der Waals surface area contributed by atoms with Gasteiger partial charge in [0.2, 0.25) is 11.8 Å². The summed E-state index contributed by atoms with van der Waals surface area (Å²) in [5.74, 6) is -0.425. The van der Waals surface area contributed by atoms with E-state index < -0.39 is 23.2 Å². The Bertz CT molecular complexity index is 1270. The zero-order valence-corrected chi connectivity index (χ0v) is 25.4. The number of ether oxygens (including phenoxy) is 1. The average Bonchev–Trinajstić information content (AvgIpc) is 3.49. The second kappa shape index (κ2) is 11.2. The van der Waals surface area contributed by atoms with Gasteiger partial charge in [0.25, 0.3) is 0 Å². The number of hydrogen-bond acceptors (Lipinski definition) is 5. The molecule has 3 fully saturated rings. The molecule has 0 N–H and O–H groups in total. The Labute approximate surface area is 248 Å². The van der Waals surface area contributed by atoms with Gasteiger partial charge in [0.05, 0.1) is 12.6 Å². The molecule has 5 rings (SSSR count). The number of para-hydroxylation sites is 1. The van der Waals surface area contributed by atoms with Gasteiger partial charge in [-0.1, -0.05) is 41.9 Å². The third kappa shape index (κ3) is 5.76. The molecular weight excluding hydrogens is 540 g/mol. The number of amides is 3. The van der Waals surface area contributed by atoms with Crippen molar-refractivity contribution in [3.05, 3.63) is 65.2 Å². The first-order valence-electron chi connectivity index (χ1n) is 14.6. The summed E-state index contributed by atoms with van der Waals surface area (Å²) in [5.41, 5.74) is 0.700. The van der Waals surface area contributed by atoms with E-state index in [1.54, 1.807) is 4.90 Å². The fraction of sp³-hybridized carbons (Fsp3) is 0.531. The van der Waals surface area contributed by atoms with Crippen molar-refractivity contribution in [3.63, 3.8) is 0 Å². The van der Waals surface area contributed by atoms with Crippen LogP contribution in [-0.4, -0.2) is 82.6 Å². The van der Waals surface area contributed by atoms with Crippen LogP contribution in [0.1, 0.15) is 58.9 Å². The molecular formula is C32H41ClN4O4. The van der Waals surface area contributed by atoms with Crippen molar-refractivity contribution in [1.82, 2.24) is 14.7 Å². The van der Waals surface area contributed by atoms with Gasteiger partial charge in [-0.3, -0.25) is 9.59 Å². The van der Waals surface area contributed by atoms with Gasteiger partial charge in [-0.05, 0) is 77.3 Å². The van der Waals surface area contributed by atoms with Crippen LogP contribution in [-0.2, 0) is 14.3 Å². The largest absolute Gasteiger partial charge is 0.444 e. The number of nitrogens with zero attached hydrogens (tertiary/aromatic N) is 4. The molecule has 0 radical (unpaired) electrons. The van der Waals surface area contributed by atoms with Gasteiger partial charge in [-0.25, -0.2) is 4.79 Å². The Kier molecular flexibility index (Phi) is 7.99. The monoisotopic (exact) mass is 580 g/mol. The Morgan fingerprint density at radius 2 is 1.59 bits per heavy atom. The SMILES string of the molecule is CC(C)N1CN(c2ccccc2)C2(CCN(C(=O)C3CN(C(=O)OC(C)(C)C)CC3c3ccc(Cl)cc3)CC2)C1=O. The highest BCUT2D eigenvalue weighted by molar-refractivity contribution is 6.30. The van der Waals surface area contributed by atoms with E-state index >= 15 is 0 Å². The van der Waals surface area contributed by atoms with Gasteiger partial charge in [-0.15, -0.1) is 0 Å². The van der Waals surface area contributed by atoms with Crippen LogP contribution in [0.4, 0.5) is 10.5 Å². The van der Waals surface area contributed by atoms with E-state index in [4.69, 9.17) is 16.3 Å². The Hall–Kier alpha value is -3.26. The van der Waals surface area contributed by atoms with Crippen molar-refractivity contribution in [1.29, 1.82) is 0 Å². The van der Waals surface area contributed by atoms with E-state index in [-0.39, 0.29) is 23.8 Å². The lowest BCUT2D eigenvalue weighted by Crippen LogP contribution is -2.58. The highest BCUT2D eigenvalue weighted by atomic mass is 35.5. The molecule has 0 aliphatic carbocycles. The first-order chi connectivity index (χ1) is 19.4. The standard InChI is InChI=1S/C32H41ClN4O4/c1-22(2)36-21-37(25-9-7-6-8-10-25)32(29(36)39)15-17-34(18-16-32)28(38)27-20-35(30(40)41-31(3,4)5)19-26(27)23-11-13-24(33)14-12-23/h6-14,22,26-27H,15-21H2,1-5H3. The van der Waals surface area contributed by atoms with Crippen LogP contribution >= 0.6 is 11.6 Å². The summed E-state index contributed by atoms with van der Waals surface area (Å²) in [6.45, 7) is 11.8. The zero-order valence-electron chi connectivity index (χ0n) is 24.7. The molecule has 1 spiro atoms. The molecule has 0 aromatic heterocycles. The molecule has 2 aromatic carbocycles. The first-order valence-corrected chi connectivity index (χ1v) is 14.9. The molecule has 3 amide bonds. The number of halogens is 1. The zero-order chi connectivity index (χ0) is 29.5. The third-order valence-corrected chi connectivity index (χ3v) is 8.90. The molecule has 8 nitrogen and oxygen atoms in total. The highest BCUT2D eigenvalue weighted by Crippen LogP contribution is 2.42. The maximum atomic E-state index is 14.1. The van der Waals surface area contributed by atoms with E-state index in [0.29, 0.717) is 50.7 Å². The maximum Gasteiger partial charge on any atom is 0.410 e. The molecule has 2 unspecified atom stereocenters. The van der Waals surface area contributed by atoms with Crippen molar-refractivity contribution in [2.24, 2.45) is 5.92 Å². The number of benzene rings is 2. The molecule has 3 saturated heterocycles. The van der Waals surface area contributed by atoms with Crippen LogP contribution in [0.25, 0.3) is 0 Å². The molecule has 0 bridgehead atoms. The molecule has 3 aliphatic rings. The van der Waals surface area contributed by atoms with Crippen LogP contribution in [0, 0.1) is 5.92 Å². The van der Waals surface area contributed by atoms with Crippen molar-refractivity contribution in [2.45, 2.75) is 70.6 Å². The molecule has 2 aromatic rings. The number of rotatable bonds is 4. The fourth-order valence-corrected chi connectivity index (χ4v) is 6.59. The molecule has 220 valence electrons. The lowest BCUT2D eigenvalue weighted by molar-refractivity contribution is -0.141. The predicted octanol–water partition coefficient (Wildman–Crippen LogP) is 5.37. The summed E-state index contributed by atoms with van der Waals surface area (Å²) >= 11 is 6.15. The Morgan fingerprint density at radius 3 is 2.17 bits per heavy atom. The molecule has 2 atom stereocenters. The van der Waals surface area contributed by atoms with Gasteiger partial charge in [0.1, 0.15) is 11.1 Å². The number of anilines is 1. The summed E-state index contributed by atoms with van der Waals surface area (Å²) in [4.78, 5) is 48.7. The van der Waals surface area contributed by atoms with E-state index in [0.717, 1.165) is 11.3 Å². The number of piperidine rings is 1. The van der Waals surface area contributed by atoms with Crippen molar-refractivity contribution in [3.8, 4) is 0 Å². The van der Waals surface area contributed by atoms with Crippen LogP contribution in [0.5, 0.6) is 0 Å². The smallest absolute Gasteiger partial charge is 0.410 e. The third-order valence-electron chi connectivity index (χ3n) is 8.65. The molecule has 41 heavy (non-hydrogen) atoms. The fourth-order valence-electron chi connectivity index (χ4n) is 6.46. The van der Waals surface area contributed by atoms with Gasteiger partial charge in [-0.2, -0.15) is 0 Å². The van der Waals surface area contributed by atoms with Gasteiger partial charge in [0, 0.05) is 48.8 Å². The van der Waals surface area contributed by atoms with Gasteiger partial charge < -0.3 is 24.3 Å². The van der Waals surface area contributed by atoms with Crippen LogP contribution < -0.4 is 4.90 Å². The Balaban J connectivity index is 1.36. The van der Waals surface area contributed by atoms with E-state index in [1.165, 1.54) is 0 Å². The molecule has 9 heteroatoms. The minimum absolute atomic E-state index is 0.0169. The van der Waals surface area contributed by atoms with Crippen LogP contribution in [0.15, 0.2) is 54.6 Å². The molecule has 0 saturated carbocycles. The summed E-state index contributed by atoms with van der Waals surface area (Å²) in [6.07, 6.45) is 0.710. The maximum absolute atomic E-state index is 14.1. The minimum Gasteiger partial charge on any atom is -0.444 e. The van der Waals surface area contributed by atoms with Gasteiger partial charge >= 0.3 is 6.09 Å². The number of hydrogen-bond donors (Lipinski definition) is 0. The summed E-state index contributed by atoms with van der Waals surface area (Å²) in [5, 5.41) is 0.625. The lowest BCUT2D eigenvalue weighted by Gasteiger charge is -2.44. The predicted molar refractivity (Wildman–Crippen MR) is 160 cm³/mol. The number of carbonyl (C=O) groups excluding carboxylic acids is 3. The topological polar surface area (TPSA) is 73.4 Å². The summed E-state index contributed by atoms with van der Waals surface area (Å²) in [6, 6.07) is 17.7. The molecule has 3 aliphatic heterocycles. The van der Waals surface area contributed by atoms with E-state index in [2.05, 4.69) is 17.0 Å². The normalized spacial score (nSPS) is 22.7. The van der Waals surface area contributed by atoms with E-state index in [1.807, 2.05) is 86.9 Å². The quantitative estimate of drug-likeness (QED) is 0.486. The minimum atomic E-state index is -0.670. The highest BCUT2D eigenvalue weighted by Gasteiger charge is 2.55. The number of likely N-dealkylation sites (tertiary alicyclic amines) is 2. The number of carbonyl (C=O) groups is 3.